The maximum atomic E-state index is 14.7. The molecule has 0 unspecified atom stereocenters. The molecule has 0 atom stereocenters. The van der Waals surface area contributed by atoms with Gasteiger partial charge in [-0.15, -0.1) is 0 Å². The van der Waals surface area contributed by atoms with Gasteiger partial charge in [-0.2, -0.15) is 0 Å². The Morgan fingerprint density at radius 1 is 0.516 bits per heavy atom. The summed E-state index contributed by atoms with van der Waals surface area (Å²) < 4.78 is 29.2. The zero-order valence-corrected chi connectivity index (χ0v) is 19.1. The molecule has 0 aromatic heterocycles. The number of rotatable bonds is 6. The summed E-state index contributed by atoms with van der Waals surface area (Å²) in [7, 11) is -6.32. The molecule has 0 saturated carbocycles. The Kier molecular flexibility index (Phi) is 6.23. The van der Waals surface area contributed by atoms with Crippen LogP contribution in [0.3, 0.4) is 0 Å². The molecule has 31 heavy (non-hydrogen) atoms. The monoisotopic (exact) mass is 442 g/mol. The molecular weight excluding hydrogens is 418 g/mol. The van der Waals surface area contributed by atoms with E-state index in [9.17, 15) is 9.13 Å². The van der Waals surface area contributed by atoms with Crippen molar-refractivity contribution in [1.82, 2.24) is 0 Å². The lowest BCUT2D eigenvalue weighted by atomic mass is 10.4. The molecule has 4 aromatic carbocycles. The Labute approximate surface area is 184 Å². The molecule has 0 saturated heterocycles. The maximum absolute atomic E-state index is 14.7. The molecule has 4 rings (SSSR count). The number of allylic oxidation sites excluding steroid dienone is 1. The Hall–Kier alpha value is -2.92. The summed E-state index contributed by atoms with van der Waals surface area (Å²) in [4.78, 5) is 0. The Morgan fingerprint density at radius 2 is 0.806 bits per heavy atom. The molecule has 4 heteroatoms. The van der Waals surface area contributed by atoms with Crippen molar-refractivity contribution >= 4 is 35.5 Å². The summed E-state index contributed by atoms with van der Waals surface area (Å²) >= 11 is 0. The normalized spacial score (nSPS) is 12.5. The molecule has 0 fully saturated rings. The van der Waals surface area contributed by atoms with Crippen molar-refractivity contribution < 1.29 is 9.13 Å². The molecule has 0 aliphatic carbocycles. The van der Waals surface area contributed by atoms with E-state index < -0.39 is 14.3 Å². The molecule has 4 aromatic rings. The number of benzene rings is 4. The average molecular weight is 442 g/mol. The van der Waals surface area contributed by atoms with E-state index in [1.807, 2.05) is 128 Å². The van der Waals surface area contributed by atoms with Crippen LogP contribution in [0.5, 0.6) is 0 Å². The van der Waals surface area contributed by atoms with Crippen LogP contribution in [0.15, 0.2) is 132 Å². The fourth-order valence-electron chi connectivity index (χ4n) is 3.77. The van der Waals surface area contributed by atoms with Gasteiger partial charge in [-0.05, 0) is 18.1 Å². The van der Waals surface area contributed by atoms with Crippen LogP contribution < -0.4 is 21.2 Å². The molecule has 0 bridgehead atoms. The van der Waals surface area contributed by atoms with Gasteiger partial charge in [-0.25, -0.2) is 0 Å². The summed E-state index contributed by atoms with van der Waals surface area (Å²) in [6.45, 7) is 1.85. The lowest BCUT2D eigenvalue weighted by molar-refractivity contribution is 0.588. The van der Waals surface area contributed by atoms with E-state index in [1.165, 1.54) is 0 Å². The van der Waals surface area contributed by atoms with Crippen LogP contribution in [-0.4, -0.2) is 0 Å². The predicted octanol–water partition coefficient (Wildman–Crippen LogP) is 5.88. The van der Waals surface area contributed by atoms with Gasteiger partial charge in [0.15, 0.2) is 14.3 Å². The third kappa shape index (κ3) is 4.15. The predicted molar refractivity (Wildman–Crippen MR) is 133 cm³/mol. The lowest BCUT2D eigenvalue weighted by Gasteiger charge is -2.23. The van der Waals surface area contributed by atoms with E-state index in [0.29, 0.717) is 5.31 Å². The van der Waals surface area contributed by atoms with Crippen molar-refractivity contribution in [2.24, 2.45) is 0 Å². The van der Waals surface area contributed by atoms with E-state index >= 15 is 0 Å². The number of hydrogen-bond donors (Lipinski definition) is 0. The van der Waals surface area contributed by atoms with Gasteiger partial charge in [0, 0.05) is 21.2 Å². The first-order valence-electron chi connectivity index (χ1n) is 10.2. The summed E-state index contributed by atoms with van der Waals surface area (Å²) in [6, 6.07) is 37.9. The van der Waals surface area contributed by atoms with Gasteiger partial charge in [0.05, 0.1) is 0 Å². The molecule has 2 nitrogen and oxygen atoms in total. The Morgan fingerprint density at radius 3 is 1.13 bits per heavy atom. The highest BCUT2D eigenvalue weighted by molar-refractivity contribution is 7.85. The molecule has 0 spiro atoms. The summed E-state index contributed by atoms with van der Waals surface area (Å²) in [5, 5.41) is 3.56. The van der Waals surface area contributed by atoms with Crippen LogP contribution in [0.2, 0.25) is 0 Å². The average Bonchev–Trinajstić information content (AvgIpc) is 2.85. The third-order valence-electron chi connectivity index (χ3n) is 5.38. The molecule has 0 aliphatic heterocycles. The van der Waals surface area contributed by atoms with E-state index in [4.69, 9.17) is 0 Å². The zero-order chi connectivity index (χ0) is 21.7. The molecule has 0 heterocycles. The van der Waals surface area contributed by atoms with Gasteiger partial charge < -0.3 is 9.13 Å². The van der Waals surface area contributed by atoms with E-state index in [0.717, 1.165) is 21.2 Å². The second-order valence-corrected chi connectivity index (χ2v) is 12.9. The van der Waals surface area contributed by atoms with Gasteiger partial charge in [0.1, 0.15) is 0 Å². The van der Waals surface area contributed by atoms with Crippen LogP contribution >= 0.6 is 14.3 Å². The molecular formula is C27H24O2P2. The topological polar surface area (TPSA) is 34.1 Å². The van der Waals surface area contributed by atoms with Gasteiger partial charge in [0.25, 0.3) is 0 Å². The third-order valence-corrected chi connectivity index (χ3v) is 11.6. The summed E-state index contributed by atoms with van der Waals surface area (Å²) in [5.74, 6) is 1.76. The van der Waals surface area contributed by atoms with Crippen LogP contribution in [0, 0.1) is 0 Å². The largest absolute Gasteiger partial charge is 0.309 e. The molecule has 0 amide bonds. The minimum Gasteiger partial charge on any atom is -0.309 e. The van der Waals surface area contributed by atoms with Crippen molar-refractivity contribution in [3.05, 3.63) is 132 Å². The van der Waals surface area contributed by atoms with E-state index in [-0.39, 0.29) is 0 Å². The zero-order valence-electron chi connectivity index (χ0n) is 17.3. The smallest absolute Gasteiger partial charge is 0.167 e. The maximum Gasteiger partial charge on any atom is 0.167 e. The standard InChI is InChI=1S/C27H24O2P2/c1-23(31(29,26-18-10-4-11-19-26)27-20-12-5-13-21-27)22-30(28,24-14-6-2-7-15-24)25-16-8-3-9-17-25/h2-22H,1H3/b23-22+. The second-order valence-electron chi connectivity index (χ2n) is 7.38. The van der Waals surface area contributed by atoms with Crippen molar-refractivity contribution in [3.8, 4) is 0 Å². The van der Waals surface area contributed by atoms with Gasteiger partial charge in [-0.1, -0.05) is 121 Å². The molecule has 154 valence electrons. The quantitative estimate of drug-likeness (QED) is 0.350. The first kappa shape index (κ1) is 21.3. The van der Waals surface area contributed by atoms with Gasteiger partial charge in [-0.3, -0.25) is 0 Å². The first-order chi connectivity index (χ1) is 15.0. The van der Waals surface area contributed by atoms with Crippen LogP contribution in [-0.2, 0) is 9.13 Å². The Bertz CT molecular complexity index is 1180. The van der Waals surface area contributed by atoms with Crippen LogP contribution in [0.25, 0.3) is 0 Å². The highest BCUT2D eigenvalue weighted by Gasteiger charge is 2.33. The lowest BCUT2D eigenvalue weighted by Crippen LogP contribution is -2.18. The van der Waals surface area contributed by atoms with Crippen LogP contribution in [0.4, 0.5) is 0 Å². The highest BCUT2D eigenvalue weighted by atomic mass is 31.2. The fourth-order valence-corrected chi connectivity index (χ4v) is 9.56. The molecule has 0 N–H and O–H groups in total. The van der Waals surface area contributed by atoms with Crippen molar-refractivity contribution in [1.29, 1.82) is 0 Å². The highest BCUT2D eigenvalue weighted by Crippen LogP contribution is 2.57. The number of hydrogen-bond acceptors (Lipinski definition) is 2. The van der Waals surface area contributed by atoms with Crippen LogP contribution in [0.1, 0.15) is 6.92 Å². The molecule has 0 aliphatic rings. The minimum absolute atomic E-state index is 0.626. The minimum atomic E-state index is -3.16. The van der Waals surface area contributed by atoms with Crippen molar-refractivity contribution in [2.45, 2.75) is 6.92 Å². The van der Waals surface area contributed by atoms with Crippen molar-refractivity contribution in [2.75, 3.05) is 0 Å². The van der Waals surface area contributed by atoms with Gasteiger partial charge >= 0.3 is 0 Å². The van der Waals surface area contributed by atoms with Gasteiger partial charge in [0.2, 0.25) is 0 Å². The van der Waals surface area contributed by atoms with E-state index in [2.05, 4.69) is 0 Å². The summed E-state index contributed by atoms with van der Waals surface area (Å²) in [5.41, 5.74) is 0. The second kappa shape index (κ2) is 9.06. The molecule has 0 radical (unpaired) electrons. The SMILES string of the molecule is C/C(=C\P(=O)(c1ccccc1)c1ccccc1)P(=O)(c1ccccc1)c1ccccc1. The Balaban J connectivity index is 1.97. The fraction of sp³-hybridized carbons (Fsp3) is 0.0370. The van der Waals surface area contributed by atoms with Crippen molar-refractivity contribution in [3.63, 3.8) is 0 Å². The first-order valence-corrected chi connectivity index (χ1v) is 13.7. The summed E-state index contributed by atoms with van der Waals surface area (Å²) in [6.07, 6.45) is 0. The van der Waals surface area contributed by atoms with E-state index in [1.54, 1.807) is 5.82 Å².